The molecule has 0 radical (unpaired) electrons. The molecule has 7 nitrogen and oxygen atoms in total. The van der Waals surface area contributed by atoms with Crippen LogP contribution in [0.4, 0.5) is 5.82 Å². The highest BCUT2D eigenvalue weighted by Crippen LogP contribution is 2.36. The summed E-state index contributed by atoms with van der Waals surface area (Å²) < 4.78 is 13.6. The molecule has 3 aromatic rings. The van der Waals surface area contributed by atoms with E-state index in [-0.39, 0.29) is 11.9 Å². The number of aromatic nitrogens is 2. The van der Waals surface area contributed by atoms with Crippen LogP contribution in [0.15, 0.2) is 28.8 Å². The molecular weight excluding hydrogens is 368 g/mol. The molecule has 0 aliphatic heterocycles. The molecule has 1 unspecified atom stereocenters. The number of imidazole rings is 1. The maximum atomic E-state index is 12.5. The van der Waals surface area contributed by atoms with Gasteiger partial charge in [-0.3, -0.25) is 9.20 Å². The molecule has 3 aromatic heterocycles. The number of fused-ring (bicyclic) bond motifs is 2. The summed E-state index contributed by atoms with van der Waals surface area (Å²) in [6, 6.07) is 7.60. The molecule has 0 bridgehead atoms. The van der Waals surface area contributed by atoms with E-state index < -0.39 is 5.60 Å². The molecule has 1 aliphatic carbocycles. The van der Waals surface area contributed by atoms with E-state index in [1.165, 1.54) is 0 Å². The zero-order valence-electron chi connectivity index (χ0n) is 17.1. The van der Waals surface area contributed by atoms with Crippen molar-refractivity contribution in [2.75, 3.05) is 12.4 Å². The van der Waals surface area contributed by atoms with Gasteiger partial charge in [0.15, 0.2) is 5.76 Å². The molecule has 7 heteroatoms. The molecule has 3 heterocycles. The lowest BCUT2D eigenvalue weighted by molar-refractivity contribution is -0.160. The van der Waals surface area contributed by atoms with Crippen LogP contribution in [-0.2, 0) is 22.4 Å². The van der Waals surface area contributed by atoms with Crippen LogP contribution in [0.2, 0.25) is 0 Å². The third kappa shape index (κ3) is 3.58. The van der Waals surface area contributed by atoms with Crippen molar-refractivity contribution < 1.29 is 13.9 Å². The number of rotatable bonds is 3. The van der Waals surface area contributed by atoms with Crippen molar-refractivity contribution in [3.63, 3.8) is 0 Å². The Balaban J connectivity index is 1.66. The van der Waals surface area contributed by atoms with Gasteiger partial charge < -0.3 is 14.5 Å². The van der Waals surface area contributed by atoms with Crippen molar-refractivity contribution in [1.29, 1.82) is 5.26 Å². The number of nitriles is 1. The minimum absolute atomic E-state index is 0.154. The maximum absolute atomic E-state index is 12.5. The van der Waals surface area contributed by atoms with Crippen LogP contribution in [0, 0.1) is 17.2 Å². The number of hydrogen-bond acceptors (Lipinski definition) is 6. The highest BCUT2D eigenvalue weighted by atomic mass is 16.6. The Morgan fingerprint density at radius 2 is 2.21 bits per heavy atom. The van der Waals surface area contributed by atoms with E-state index in [1.807, 2.05) is 44.5 Å². The van der Waals surface area contributed by atoms with Gasteiger partial charge in [-0.05, 0) is 57.4 Å². The lowest BCUT2D eigenvalue weighted by atomic mass is 9.88. The Hall–Kier alpha value is -3.27. The Morgan fingerprint density at radius 1 is 1.41 bits per heavy atom. The second kappa shape index (κ2) is 6.96. The van der Waals surface area contributed by atoms with Crippen LogP contribution in [-0.4, -0.2) is 28.0 Å². The maximum Gasteiger partial charge on any atom is 0.309 e. The van der Waals surface area contributed by atoms with Gasteiger partial charge in [0.25, 0.3) is 0 Å². The number of carbonyl (C=O) groups is 1. The summed E-state index contributed by atoms with van der Waals surface area (Å²) in [6.45, 7) is 5.65. The first-order valence-corrected chi connectivity index (χ1v) is 9.74. The second-order valence-electron chi connectivity index (χ2n) is 8.35. The van der Waals surface area contributed by atoms with Gasteiger partial charge in [0.05, 0.1) is 17.6 Å². The van der Waals surface area contributed by atoms with Gasteiger partial charge in [-0.15, -0.1) is 0 Å². The van der Waals surface area contributed by atoms with Crippen LogP contribution < -0.4 is 5.32 Å². The highest BCUT2D eigenvalue weighted by molar-refractivity contribution is 5.76. The molecule has 0 saturated carbocycles. The van der Waals surface area contributed by atoms with Crippen molar-refractivity contribution in [2.45, 2.75) is 45.6 Å². The van der Waals surface area contributed by atoms with Crippen molar-refractivity contribution in [2.24, 2.45) is 5.92 Å². The monoisotopic (exact) mass is 392 g/mol. The number of ether oxygens (including phenoxy) is 1. The molecule has 4 rings (SSSR count). The fourth-order valence-electron chi connectivity index (χ4n) is 3.75. The average molecular weight is 392 g/mol. The molecule has 0 spiro atoms. The number of esters is 1. The van der Waals surface area contributed by atoms with E-state index in [4.69, 9.17) is 14.4 Å². The lowest BCUT2D eigenvalue weighted by Gasteiger charge is -2.25. The van der Waals surface area contributed by atoms with E-state index in [0.717, 1.165) is 17.1 Å². The number of hydrogen-bond donors (Lipinski definition) is 1. The highest BCUT2D eigenvalue weighted by Gasteiger charge is 2.31. The van der Waals surface area contributed by atoms with Crippen LogP contribution in [0.25, 0.3) is 17.1 Å². The number of pyridine rings is 1. The molecule has 0 fully saturated rings. The topological polar surface area (TPSA) is 92.6 Å². The van der Waals surface area contributed by atoms with Crippen molar-refractivity contribution >= 4 is 17.4 Å². The summed E-state index contributed by atoms with van der Waals surface area (Å²) in [7, 11) is 1.83. The number of anilines is 1. The first-order valence-electron chi connectivity index (χ1n) is 9.74. The number of nitrogens with one attached hydrogen (secondary N) is 1. The van der Waals surface area contributed by atoms with E-state index >= 15 is 0 Å². The predicted octanol–water partition coefficient (Wildman–Crippen LogP) is 3.95. The summed E-state index contributed by atoms with van der Waals surface area (Å²) in [5.41, 5.74) is 2.45. The van der Waals surface area contributed by atoms with Gasteiger partial charge in [-0.1, -0.05) is 0 Å². The van der Waals surface area contributed by atoms with E-state index in [0.29, 0.717) is 41.9 Å². The van der Waals surface area contributed by atoms with Crippen molar-refractivity contribution in [3.05, 3.63) is 41.3 Å². The Bertz CT molecular complexity index is 1130. The molecule has 1 atom stereocenters. The van der Waals surface area contributed by atoms with Gasteiger partial charge in [-0.25, -0.2) is 4.98 Å². The first-order chi connectivity index (χ1) is 13.8. The van der Waals surface area contributed by atoms with Gasteiger partial charge >= 0.3 is 5.97 Å². The molecule has 1 aliphatic rings. The predicted molar refractivity (Wildman–Crippen MR) is 109 cm³/mol. The number of aryl methyl sites for hydroxylation is 1. The zero-order chi connectivity index (χ0) is 20.8. The Kier molecular flexibility index (Phi) is 4.58. The number of nitrogens with zero attached hydrogens (tertiary/aromatic N) is 3. The summed E-state index contributed by atoms with van der Waals surface area (Å²) >= 11 is 0. The van der Waals surface area contributed by atoms with Crippen LogP contribution in [0.1, 0.15) is 44.1 Å². The van der Waals surface area contributed by atoms with Gasteiger partial charge in [0.1, 0.15) is 28.5 Å². The molecule has 29 heavy (non-hydrogen) atoms. The second-order valence-corrected chi connectivity index (χ2v) is 8.35. The fraction of sp³-hybridized carbons (Fsp3) is 0.409. The quantitative estimate of drug-likeness (QED) is 0.679. The summed E-state index contributed by atoms with van der Waals surface area (Å²) in [6.07, 6.45) is 3.83. The third-order valence-electron chi connectivity index (χ3n) is 5.05. The summed E-state index contributed by atoms with van der Waals surface area (Å²) in [5.74, 6) is 2.04. The number of furan rings is 1. The minimum Gasteiger partial charge on any atom is -0.460 e. The molecule has 0 saturated heterocycles. The fourth-order valence-corrected chi connectivity index (χ4v) is 3.75. The smallest absolute Gasteiger partial charge is 0.309 e. The molecule has 0 amide bonds. The van der Waals surface area contributed by atoms with Gasteiger partial charge in [0, 0.05) is 19.7 Å². The van der Waals surface area contributed by atoms with Crippen LogP contribution in [0.5, 0.6) is 0 Å². The summed E-state index contributed by atoms with van der Waals surface area (Å²) in [4.78, 5) is 17.1. The van der Waals surface area contributed by atoms with E-state index in [2.05, 4.69) is 16.4 Å². The Morgan fingerprint density at radius 3 is 2.90 bits per heavy atom. The molecular formula is C22H24N4O3. The molecule has 150 valence electrons. The van der Waals surface area contributed by atoms with Crippen molar-refractivity contribution in [3.8, 4) is 17.5 Å². The van der Waals surface area contributed by atoms with Crippen LogP contribution in [0.3, 0.4) is 0 Å². The van der Waals surface area contributed by atoms with Gasteiger partial charge in [-0.2, -0.15) is 5.26 Å². The largest absolute Gasteiger partial charge is 0.460 e. The number of carbonyl (C=O) groups excluding carboxylic acids is 1. The minimum atomic E-state index is -0.487. The summed E-state index contributed by atoms with van der Waals surface area (Å²) in [5, 5.41) is 12.3. The lowest BCUT2D eigenvalue weighted by Crippen LogP contribution is -2.31. The van der Waals surface area contributed by atoms with E-state index in [1.54, 1.807) is 12.1 Å². The molecule has 1 N–H and O–H groups in total. The van der Waals surface area contributed by atoms with Gasteiger partial charge in [0.2, 0.25) is 0 Å². The zero-order valence-corrected chi connectivity index (χ0v) is 17.1. The Labute approximate surface area is 169 Å². The van der Waals surface area contributed by atoms with Crippen LogP contribution >= 0.6 is 0 Å². The normalized spacial score (nSPS) is 16.3. The molecule has 0 aromatic carbocycles. The standard InChI is InChI=1S/C22H24N4O3/c1-22(2,3)29-21(27)14-5-6-16-15(10-14)11-17(28-16)19-20(24-4)26-8-7-13(12-23)9-18(26)25-19/h7-9,11,14,24H,5-6,10H2,1-4H3. The first kappa shape index (κ1) is 19.1. The average Bonchev–Trinajstić information content (AvgIpc) is 3.25. The van der Waals surface area contributed by atoms with Crippen molar-refractivity contribution in [1.82, 2.24) is 9.38 Å². The SMILES string of the molecule is CNc1c(-c2cc3c(o2)CCC(C(=O)OC(C)(C)C)C3)nc2cc(C#N)ccn12. The third-order valence-corrected chi connectivity index (χ3v) is 5.05. The van der Waals surface area contributed by atoms with E-state index in [9.17, 15) is 4.79 Å².